The molecule has 1 N–H and O–H groups in total. The average Bonchev–Trinajstić information content (AvgIpc) is 3.30. The van der Waals surface area contributed by atoms with E-state index in [1.54, 1.807) is 30.4 Å². The molecule has 0 saturated carbocycles. The van der Waals surface area contributed by atoms with Crippen molar-refractivity contribution < 1.29 is 14.3 Å². The second-order valence-corrected chi connectivity index (χ2v) is 10.3. The van der Waals surface area contributed by atoms with Crippen LogP contribution in [0.2, 0.25) is 0 Å². The Balaban J connectivity index is 1.28. The number of ether oxygens (including phenoxy) is 2. The van der Waals surface area contributed by atoms with Gasteiger partial charge in [-0.15, -0.1) is 0 Å². The molecule has 2 aliphatic rings. The van der Waals surface area contributed by atoms with Crippen LogP contribution >= 0.6 is 15.9 Å². The molecular weight excluding hydrogens is 536 g/mol. The highest BCUT2D eigenvalue weighted by molar-refractivity contribution is 9.10. The fourth-order valence-electron chi connectivity index (χ4n) is 5.09. The Morgan fingerprint density at radius 3 is 2.68 bits per heavy atom. The van der Waals surface area contributed by atoms with E-state index in [-0.39, 0.29) is 5.91 Å². The molecule has 1 aliphatic heterocycles. The maximum Gasteiger partial charge on any atom is 0.259 e. The summed E-state index contributed by atoms with van der Waals surface area (Å²) in [6.07, 6.45) is 10.4. The molecule has 0 aromatic carbocycles. The number of carbonyl (C=O) groups excluding carboxylic acids is 1. The van der Waals surface area contributed by atoms with Crippen molar-refractivity contribution in [1.82, 2.24) is 24.6 Å². The third kappa shape index (κ3) is 5.46. The lowest BCUT2D eigenvalue weighted by molar-refractivity contribution is 0.0150. The number of aryl methyl sites for hydroxylation is 1. The number of morpholine rings is 1. The molecule has 9 nitrogen and oxygen atoms in total. The van der Waals surface area contributed by atoms with Gasteiger partial charge in [-0.3, -0.25) is 14.7 Å². The van der Waals surface area contributed by atoms with Gasteiger partial charge in [0.25, 0.3) is 5.91 Å². The van der Waals surface area contributed by atoms with Crippen LogP contribution < -0.4 is 10.1 Å². The van der Waals surface area contributed by atoms with Crippen LogP contribution in [0.15, 0.2) is 41.3 Å². The van der Waals surface area contributed by atoms with Gasteiger partial charge in [0.2, 0.25) is 5.88 Å². The number of nitrogens with zero attached hydrogens (tertiary/aromatic N) is 5. The summed E-state index contributed by atoms with van der Waals surface area (Å²) >= 11 is 3.43. The molecule has 4 heterocycles. The average molecular weight is 567 g/mol. The van der Waals surface area contributed by atoms with E-state index in [1.165, 1.54) is 5.57 Å². The lowest BCUT2D eigenvalue weighted by atomic mass is 9.90. The minimum absolute atomic E-state index is 0.246. The van der Waals surface area contributed by atoms with E-state index in [2.05, 4.69) is 42.3 Å². The standard InChI is InChI=1S/C27H31BrN6O3/c1-17-12-21(15-29-25(17)19-4-6-22(7-5-19)33-8-10-37-11-9-33)32-26(35)23-16-31-34(18(23)2)24-13-20(28)14-30-27(24)36-3/h4,12-16,22H,5-11H2,1-3H3,(H,32,35). The van der Waals surface area contributed by atoms with E-state index in [0.717, 1.165) is 61.3 Å². The molecule has 1 unspecified atom stereocenters. The number of amides is 1. The summed E-state index contributed by atoms with van der Waals surface area (Å²) in [5.41, 5.74) is 5.79. The molecule has 194 valence electrons. The number of methoxy groups -OCH3 is 1. The Hall–Kier alpha value is -3.08. The molecule has 1 fully saturated rings. The molecule has 1 saturated heterocycles. The molecule has 3 aromatic heterocycles. The predicted molar refractivity (Wildman–Crippen MR) is 145 cm³/mol. The molecular formula is C27H31BrN6O3. The van der Waals surface area contributed by atoms with Crippen molar-refractivity contribution >= 4 is 33.1 Å². The van der Waals surface area contributed by atoms with Crippen molar-refractivity contribution in [3.8, 4) is 11.6 Å². The summed E-state index contributed by atoms with van der Waals surface area (Å²) in [6.45, 7) is 7.58. The number of pyridine rings is 2. The molecule has 0 spiro atoms. The van der Waals surface area contributed by atoms with Gasteiger partial charge in [0, 0.05) is 29.8 Å². The first-order valence-corrected chi connectivity index (χ1v) is 13.3. The summed E-state index contributed by atoms with van der Waals surface area (Å²) < 4.78 is 13.3. The molecule has 37 heavy (non-hydrogen) atoms. The lowest BCUT2D eigenvalue weighted by Gasteiger charge is -2.36. The summed E-state index contributed by atoms with van der Waals surface area (Å²) in [5, 5.41) is 7.39. The SMILES string of the molecule is COc1ncc(Br)cc1-n1ncc(C(=O)Nc2cnc(C3=CCC(N4CCOCC4)CC3)c(C)c2)c1C. The Labute approximate surface area is 225 Å². The zero-order chi connectivity index (χ0) is 25.9. The summed E-state index contributed by atoms with van der Waals surface area (Å²) in [5.74, 6) is 0.176. The highest BCUT2D eigenvalue weighted by Crippen LogP contribution is 2.31. The van der Waals surface area contributed by atoms with E-state index in [4.69, 9.17) is 14.5 Å². The Morgan fingerprint density at radius 2 is 1.97 bits per heavy atom. The van der Waals surface area contributed by atoms with Crippen LogP contribution in [0.4, 0.5) is 5.69 Å². The zero-order valence-electron chi connectivity index (χ0n) is 21.3. The quantitative estimate of drug-likeness (QED) is 0.467. The maximum absolute atomic E-state index is 13.1. The highest BCUT2D eigenvalue weighted by Gasteiger charge is 2.24. The maximum atomic E-state index is 13.1. The van der Waals surface area contributed by atoms with Gasteiger partial charge in [-0.05, 0) is 72.3 Å². The Morgan fingerprint density at radius 1 is 1.16 bits per heavy atom. The number of hydrogen-bond acceptors (Lipinski definition) is 7. The fraction of sp³-hybridized carbons (Fsp3) is 0.407. The molecule has 5 rings (SSSR count). The van der Waals surface area contributed by atoms with Crippen LogP contribution in [-0.2, 0) is 4.74 Å². The monoisotopic (exact) mass is 566 g/mol. The number of halogens is 1. The van der Waals surface area contributed by atoms with Crippen molar-refractivity contribution in [2.45, 2.75) is 39.2 Å². The van der Waals surface area contributed by atoms with Crippen molar-refractivity contribution in [3.63, 3.8) is 0 Å². The third-order valence-corrected chi connectivity index (χ3v) is 7.49. The summed E-state index contributed by atoms with van der Waals surface area (Å²) in [6, 6.07) is 4.42. The van der Waals surface area contributed by atoms with E-state index in [0.29, 0.717) is 34.6 Å². The van der Waals surface area contributed by atoms with Crippen molar-refractivity contribution in [3.05, 3.63) is 63.8 Å². The number of anilines is 1. The number of aromatic nitrogens is 4. The molecule has 1 atom stereocenters. The normalized spacial score (nSPS) is 18.4. The lowest BCUT2D eigenvalue weighted by Crippen LogP contribution is -2.43. The van der Waals surface area contributed by atoms with Gasteiger partial charge in [-0.25, -0.2) is 9.67 Å². The fourth-order valence-corrected chi connectivity index (χ4v) is 5.41. The van der Waals surface area contributed by atoms with Gasteiger partial charge in [0.05, 0.1) is 55.4 Å². The number of carbonyl (C=O) groups is 1. The van der Waals surface area contributed by atoms with Crippen LogP contribution in [0.25, 0.3) is 11.3 Å². The molecule has 10 heteroatoms. The van der Waals surface area contributed by atoms with Gasteiger partial charge in [0.15, 0.2) is 0 Å². The van der Waals surface area contributed by atoms with E-state index in [1.807, 2.05) is 26.0 Å². The second-order valence-electron chi connectivity index (χ2n) is 9.39. The number of hydrogen-bond donors (Lipinski definition) is 1. The first-order valence-electron chi connectivity index (χ1n) is 12.5. The van der Waals surface area contributed by atoms with Gasteiger partial charge in [0.1, 0.15) is 5.69 Å². The molecule has 0 radical (unpaired) electrons. The Bertz CT molecular complexity index is 1330. The highest BCUT2D eigenvalue weighted by atomic mass is 79.9. The predicted octanol–water partition coefficient (Wildman–Crippen LogP) is 4.57. The van der Waals surface area contributed by atoms with Gasteiger partial charge < -0.3 is 14.8 Å². The van der Waals surface area contributed by atoms with E-state index >= 15 is 0 Å². The van der Waals surface area contributed by atoms with Gasteiger partial charge in [-0.1, -0.05) is 6.08 Å². The molecule has 1 amide bonds. The minimum Gasteiger partial charge on any atom is -0.479 e. The Kier molecular flexibility index (Phi) is 7.68. The van der Waals surface area contributed by atoms with Crippen LogP contribution in [0.3, 0.4) is 0 Å². The largest absolute Gasteiger partial charge is 0.479 e. The van der Waals surface area contributed by atoms with Crippen molar-refractivity contribution in [1.29, 1.82) is 0 Å². The van der Waals surface area contributed by atoms with Crippen LogP contribution in [0.5, 0.6) is 5.88 Å². The second kappa shape index (κ2) is 11.1. The van der Waals surface area contributed by atoms with Gasteiger partial charge in [-0.2, -0.15) is 5.10 Å². The van der Waals surface area contributed by atoms with Crippen LogP contribution in [-0.4, -0.2) is 70.0 Å². The van der Waals surface area contributed by atoms with Gasteiger partial charge >= 0.3 is 0 Å². The summed E-state index contributed by atoms with van der Waals surface area (Å²) in [7, 11) is 1.55. The van der Waals surface area contributed by atoms with E-state index < -0.39 is 0 Å². The van der Waals surface area contributed by atoms with Crippen molar-refractivity contribution in [2.75, 3.05) is 38.7 Å². The zero-order valence-corrected chi connectivity index (χ0v) is 22.9. The number of rotatable bonds is 6. The number of nitrogens with one attached hydrogen (secondary N) is 1. The molecule has 0 bridgehead atoms. The van der Waals surface area contributed by atoms with Crippen LogP contribution in [0.1, 0.15) is 46.6 Å². The first-order chi connectivity index (χ1) is 17.9. The molecule has 1 aliphatic carbocycles. The minimum atomic E-state index is -0.246. The smallest absolute Gasteiger partial charge is 0.259 e. The number of allylic oxidation sites excluding steroid dienone is 1. The third-order valence-electron chi connectivity index (χ3n) is 7.06. The first kappa shape index (κ1) is 25.6. The summed E-state index contributed by atoms with van der Waals surface area (Å²) in [4.78, 5) is 24.7. The van der Waals surface area contributed by atoms with Crippen molar-refractivity contribution in [2.24, 2.45) is 0 Å². The molecule has 3 aromatic rings. The topological polar surface area (TPSA) is 94.4 Å². The van der Waals surface area contributed by atoms with Crippen LogP contribution in [0, 0.1) is 13.8 Å². The van der Waals surface area contributed by atoms with E-state index in [9.17, 15) is 4.79 Å².